The van der Waals surface area contributed by atoms with Crippen molar-refractivity contribution >= 4 is 17.3 Å². The van der Waals surface area contributed by atoms with Crippen LogP contribution in [0.25, 0.3) is 0 Å². The second kappa shape index (κ2) is 13.0. The Morgan fingerprint density at radius 1 is 1.10 bits per heavy atom. The minimum absolute atomic E-state index is 0.0169. The molecule has 39 heavy (non-hydrogen) atoms. The number of amides is 1. The van der Waals surface area contributed by atoms with Crippen LogP contribution in [0.15, 0.2) is 54.9 Å². The second-order valence-corrected chi connectivity index (χ2v) is 10.8. The number of carbonyl (C=O) groups is 1. The Morgan fingerprint density at radius 3 is 2.38 bits per heavy atom. The number of ether oxygens (including phenoxy) is 1. The van der Waals surface area contributed by atoms with Crippen LogP contribution in [0, 0.1) is 20.8 Å². The third kappa shape index (κ3) is 7.09. The van der Waals surface area contributed by atoms with E-state index in [9.17, 15) is 4.79 Å². The van der Waals surface area contributed by atoms with Crippen LogP contribution in [-0.2, 0) is 6.54 Å². The predicted molar refractivity (Wildman–Crippen MR) is 159 cm³/mol. The molecule has 1 amide bonds. The zero-order valence-electron chi connectivity index (χ0n) is 24.0. The van der Waals surface area contributed by atoms with Crippen LogP contribution in [0.5, 0.6) is 5.75 Å². The van der Waals surface area contributed by atoms with Crippen molar-refractivity contribution in [2.75, 3.05) is 37.4 Å². The maximum Gasteiger partial charge on any atom is 0.251 e. The zero-order chi connectivity index (χ0) is 27.9. The van der Waals surface area contributed by atoms with Gasteiger partial charge in [0.05, 0.1) is 7.11 Å². The first-order chi connectivity index (χ1) is 18.8. The largest absolute Gasteiger partial charge is 0.497 e. The van der Waals surface area contributed by atoms with E-state index in [1.54, 1.807) is 7.11 Å². The van der Waals surface area contributed by atoms with Gasteiger partial charge in [0.2, 0.25) is 0 Å². The van der Waals surface area contributed by atoms with E-state index in [1.807, 2.05) is 50.5 Å². The molecule has 1 aliphatic rings. The number of nitrogens with one attached hydrogen (secondary N) is 1. The molecule has 2 heterocycles. The number of hydrogen-bond acceptors (Lipinski definition) is 6. The summed E-state index contributed by atoms with van der Waals surface area (Å²) in [6.45, 7) is 11.9. The quantitative estimate of drug-likeness (QED) is 0.348. The summed E-state index contributed by atoms with van der Waals surface area (Å²) < 4.78 is 5.39. The van der Waals surface area contributed by atoms with E-state index in [2.05, 4.69) is 52.1 Å². The lowest BCUT2D eigenvalue weighted by Gasteiger charge is -2.42. The zero-order valence-corrected chi connectivity index (χ0v) is 24.0. The van der Waals surface area contributed by atoms with Gasteiger partial charge in [-0.3, -0.25) is 9.78 Å². The summed E-state index contributed by atoms with van der Waals surface area (Å²) in [5, 5.41) is 3.13. The minimum atomic E-state index is -0.0169. The summed E-state index contributed by atoms with van der Waals surface area (Å²) in [5.41, 5.74) is 12.9. The van der Waals surface area contributed by atoms with E-state index in [0.29, 0.717) is 24.3 Å². The molecule has 0 radical (unpaired) electrons. The Kier molecular flexibility index (Phi) is 9.46. The standard InChI is InChI=1S/C32H43N5O2/c1-22-10-14-34-20-26(22)21-37(28-6-8-30(39-5)9-7-28)29-12-16-36(17-13-29)25(4)11-15-35-32(38)31-23(2)18-27(33)19-24(31)3/h6-10,14,18-20,25,29H,11-13,15-17,21,33H2,1-5H3,(H,35,38)/t25-/m1/s1. The number of piperidine rings is 1. The minimum Gasteiger partial charge on any atom is -0.497 e. The molecule has 1 saturated heterocycles. The maximum absolute atomic E-state index is 12.8. The van der Waals surface area contributed by atoms with Crippen molar-refractivity contribution < 1.29 is 9.53 Å². The number of likely N-dealkylation sites (tertiary alicyclic amines) is 1. The van der Waals surface area contributed by atoms with E-state index in [4.69, 9.17) is 10.5 Å². The fraction of sp³-hybridized carbons (Fsp3) is 0.438. The van der Waals surface area contributed by atoms with Crippen LogP contribution in [0.1, 0.15) is 58.8 Å². The number of rotatable bonds is 10. The van der Waals surface area contributed by atoms with Crippen LogP contribution < -0.4 is 20.7 Å². The molecule has 1 atom stereocenters. The van der Waals surface area contributed by atoms with Crippen molar-refractivity contribution in [2.45, 2.75) is 65.6 Å². The molecule has 1 aromatic heterocycles. The topological polar surface area (TPSA) is 83.7 Å². The van der Waals surface area contributed by atoms with E-state index in [0.717, 1.165) is 61.3 Å². The molecule has 2 aromatic carbocycles. The lowest BCUT2D eigenvalue weighted by Crippen LogP contribution is -2.48. The number of hydrogen-bond donors (Lipinski definition) is 2. The number of aromatic nitrogens is 1. The summed E-state index contributed by atoms with van der Waals surface area (Å²) in [4.78, 5) is 22.3. The molecule has 3 aromatic rings. The summed E-state index contributed by atoms with van der Waals surface area (Å²) in [6.07, 6.45) is 6.94. The number of aryl methyl sites for hydroxylation is 3. The molecule has 0 spiro atoms. The number of nitrogens with zero attached hydrogens (tertiary/aromatic N) is 3. The van der Waals surface area contributed by atoms with Gasteiger partial charge in [0.15, 0.2) is 0 Å². The van der Waals surface area contributed by atoms with E-state index < -0.39 is 0 Å². The number of nitrogens with two attached hydrogens (primary N) is 1. The molecule has 3 N–H and O–H groups in total. The first-order valence-electron chi connectivity index (χ1n) is 14.0. The average molecular weight is 530 g/mol. The van der Waals surface area contributed by atoms with Crippen molar-refractivity contribution in [3.05, 3.63) is 82.7 Å². The number of methoxy groups -OCH3 is 1. The van der Waals surface area contributed by atoms with Crippen molar-refractivity contribution in [3.8, 4) is 5.75 Å². The van der Waals surface area contributed by atoms with E-state index in [-0.39, 0.29) is 5.91 Å². The highest BCUT2D eigenvalue weighted by Gasteiger charge is 2.27. The SMILES string of the molecule is COc1ccc(N(Cc2cnccc2C)C2CCN([C@H](C)CCNC(=O)c3c(C)cc(N)cc3C)CC2)cc1. The molecule has 0 bridgehead atoms. The van der Waals surface area contributed by atoms with Gasteiger partial charge >= 0.3 is 0 Å². The van der Waals surface area contributed by atoms with Gasteiger partial charge in [-0.2, -0.15) is 0 Å². The van der Waals surface area contributed by atoms with Crippen molar-refractivity contribution in [2.24, 2.45) is 0 Å². The predicted octanol–water partition coefficient (Wildman–Crippen LogP) is 5.28. The normalized spacial score (nSPS) is 15.1. The molecule has 1 aliphatic heterocycles. The van der Waals surface area contributed by atoms with Crippen LogP contribution >= 0.6 is 0 Å². The van der Waals surface area contributed by atoms with E-state index >= 15 is 0 Å². The second-order valence-electron chi connectivity index (χ2n) is 10.8. The van der Waals surface area contributed by atoms with Gasteiger partial charge in [0, 0.05) is 67.6 Å². The van der Waals surface area contributed by atoms with Gasteiger partial charge in [-0.05, 0) is 112 Å². The third-order valence-corrected chi connectivity index (χ3v) is 8.09. The highest BCUT2D eigenvalue weighted by atomic mass is 16.5. The highest BCUT2D eigenvalue weighted by molar-refractivity contribution is 5.97. The summed E-state index contributed by atoms with van der Waals surface area (Å²) in [5.74, 6) is 0.852. The Labute approximate surface area is 233 Å². The molecule has 7 heteroatoms. The molecule has 0 aliphatic carbocycles. The van der Waals surface area contributed by atoms with Crippen LogP contribution in [0.3, 0.4) is 0 Å². The molecule has 7 nitrogen and oxygen atoms in total. The summed E-state index contributed by atoms with van der Waals surface area (Å²) in [6, 6.07) is 15.0. The van der Waals surface area contributed by atoms with Gasteiger partial charge in [-0.25, -0.2) is 0 Å². The summed E-state index contributed by atoms with van der Waals surface area (Å²) in [7, 11) is 1.70. The Hall–Kier alpha value is -3.58. The van der Waals surface area contributed by atoms with Gasteiger partial charge < -0.3 is 25.6 Å². The molecular weight excluding hydrogens is 486 g/mol. The van der Waals surface area contributed by atoms with Gasteiger partial charge in [-0.1, -0.05) is 0 Å². The molecule has 1 fully saturated rings. The lowest BCUT2D eigenvalue weighted by molar-refractivity contribution is 0.0944. The van der Waals surface area contributed by atoms with E-state index in [1.165, 1.54) is 16.8 Å². The van der Waals surface area contributed by atoms with Gasteiger partial charge in [0.1, 0.15) is 5.75 Å². The smallest absolute Gasteiger partial charge is 0.251 e. The first kappa shape index (κ1) is 28.4. The number of nitrogen functional groups attached to an aromatic ring is 1. The summed E-state index contributed by atoms with van der Waals surface area (Å²) >= 11 is 0. The van der Waals surface area contributed by atoms with Gasteiger partial charge in [0.25, 0.3) is 5.91 Å². The Bertz CT molecular complexity index is 1230. The van der Waals surface area contributed by atoms with Crippen molar-refractivity contribution in [1.29, 1.82) is 0 Å². The number of benzene rings is 2. The number of carbonyl (C=O) groups excluding carboxylic acids is 1. The number of anilines is 2. The molecule has 208 valence electrons. The monoisotopic (exact) mass is 529 g/mol. The van der Waals surface area contributed by atoms with Crippen LogP contribution in [-0.4, -0.2) is 54.6 Å². The fourth-order valence-electron chi connectivity index (χ4n) is 5.71. The Morgan fingerprint density at radius 2 is 1.77 bits per heavy atom. The highest BCUT2D eigenvalue weighted by Crippen LogP contribution is 2.29. The number of pyridine rings is 1. The molecule has 0 unspecified atom stereocenters. The maximum atomic E-state index is 12.8. The van der Waals surface area contributed by atoms with Gasteiger partial charge in [-0.15, -0.1) is 0 Å². The van der Waals surface area contributed by atoms with Crippen molar-refractivity contribution in [1.82, 2.24) is 15.2 Å². The average Bonchev–Trinajstić information content (AvgIpc) is 2.92. The molecular formula is C32H43N5O2. The van der Waals surface area contributed by atoms with Crippen LogP contribution in [0.2, 0.25) is 0 Å². The molecule has 4 rings (SSSR count). The third-order valence-electron chi connectivity index (χ3n) is 8.09. The molecule has 0 saturated carbocycles. The lowest BCUT2D eigenvalue weighted by atomic mass is 9.98. The van der Waals surface area contributed by atoms with Crippen molar-refractivity contribution in [3.63, 3.8) is 0 Å². The first-order valence-corrected chi connectivity index (χ1v) is 14.0. The Balaban J connectivity index is 1.34. The fourth-order valence-corrected chi connectivity index (χ4v) is 5.71. The van der Waals surface area contributed by atoms with Crippen LogP contribution in [0.4, 0.5) is 11.4 Å².